The fraction of sp³-hybridized carbons (Fsp3) is 0.533. The average Bonchev–Trinajstić information content (AvgIpc) is 2.84. The Labute approximate surface area is 136 Å². The summed E-state index contributed by atoms with van der Waals surface area (Å²) in [7, 11) is 1.19. The molecule has 2 heterocycles. The molecule has 0 N–H and O–H groups in total. The van der Waals surface area contributed by atoms with E-state index in [0.29, 0.717) is 9.13 Å². The molecule has 0 spiro atoms. The van der Waals surface area contributed by atoms with Gasteiger partial charge in [0.2, 0.25) is 0 Å². The standard InChI is InChI=1S/C15H21N3O3/c1-10-9-16(3)13-12(10)14(20)18(15(21)17(13)4)8-6-5-7-11(2)19/h9H,5-8H2,1-4H3/i1D3,2D3,4D3,9D. The number of nitrogens with zero attached hydrogens (tertiary/aromatic N) is 3. The number of carbonyl (C=O) groups is 1. The normalized spacial score (nSPS) is 20.0. The van der Waals surface area contributed by atoms with Crippen molar-refractivity contribution in [3.8, 4) is 0 Å². The third-order valence-electron chi connectivity index (χ3n) is 3.20. The van der Waals surface area contributed by atoms with Crippen LogP contribution in [0.4, 0.5) is 0 Å². The van der Waals surface area contributed by atoms with E-state index in [1.54, 1.807) is 0 Å². The number of unbranched alkanes of at least 4 members (excludes halogenated alkanes) is 1. The van der Waals surface area contributed by atoms with Crippen molar-refractivity contribution in [3.63, 3.8) is 0 Å². The zero-order valence-corrected chi connectivity index (χ0v) is 11.4. The Hall–Kier alpha value is -2.11. The number of hydrogen-bond donors (Lipinski definition) is 0. The van der Waals surface area contributed by atoms with Crippen molar-refractivity contribution in [1.29, 1.82) is 0 Å². The number of rotatable bonds is 5. The molecule has 0 saturated heterocycles. The van der Waals surface area contributed by atoms with Crippen molar-refractivity contribution < 1.29 is 18.5 Å². The molecule has 0 aliphatic carbocycles. The summed E-state index contributed by atoms with van der Waals surface area (Å²) < 4.78 is 76.9. The smallest absolute Gasteiger partial charge is 0.332 e. The van der Waals surface area contributed by atoms with Gasteiger partial charge in [-0.1, -0.05) is 0 Å². The lowest BCUT2D eigenvalue weighted by Crippen LogP contribution is -2.39. The number of Topliss-reactive ketones (excluding diaryl/α,β-unsaturated/α-hetero) is 1. The van der Waals surface area contributed by atoms with E-state index in [-0.39, 0.29) is 25.8 Å². The SMILES string of the molecule is [2H]c1c(C([2H])([2H])[2H])c2c(=O)n(CCCCC(=O)C([2H])([2H])[2H])c(=O)n(C([2H])([2H])[2H])c2n1C. The van der Waals surface area contributed by atoms with E-state index < -0.39 is 60.5 Å². The molecule has 0 bridgehead atoms. The first-order chi connectivity index (χ1) is 13.9. The van der Waals surface area contributed by atoms with Crippen LogP contribution in [0.3, 0.4) is 0 Å². The largest absolute Gasteiger partial charge is 0.336 e. The lowest BCUT2D eigenvalue weighted by Gasteiger charge is -2.09. The van der Waals surface area contributed by atoms with Crippen LogP contribution in [0.15, 0.2) is 15.8 Å². The number of aromatic nitrogens is 3. The van der Waals surface area contributed by atoms with Gasteiger partial charge in [0.05, 0.1) is 6.76 Å². The molecule has 2 aromatic rings. The van der Waals surface area contributed by atoms with Gasteiger partial charge >= 0.3 is 5.69 Å². The van der Waals surface area contributed by atoms with Crippen LogP contribution in [-0.2, 0) is 25.4 Å². The maximum absolute atomic E-state index is 13.0. The second-order valence-corrected chi connectivity index (χ2v) is 4.70. The monoisotopic (exact) mass is 301 g/mol. The average molecular weight is 301 g/mol. The molecule has 2 aromatic heterocycles. The molecule has 0 aromatic carbocycles. The number of carbonyl (C=O) groups excluding carboxylic acids is 1. The van der Waals surface area contributed by atoms with Crippen molar-refractivity contribution >= 4 is 16.8 Å². The Balaban J connectivity index is 2.67. The summed E-state index contributed by atoms with van der Waals surface area (Å²) in [6, 6.07) is 0. The van der Waals surface area contributed by atoms with E-state index in [1.165, 1.54) is 7.05 Å². The molecule has 21 heavy (non-hydrogen) atoms. The summed E-state index contributed by atoms with van der Waals surface area (Å²) in [6.07, 6.45) is -0.943. The van der Waals surface area contributed by atoms with Crippen molar-refractivity contribution in [3.05, 3.63) is 32.6 Å². The van der Waals surface area contributed by atoms with Crippen molar-refractivity contribution in [1.82, 2.24) is 13.7 Å². The second kappa shape index (κ2) is 5.71. The van der Waals surface area contributed by atoms with Crippen LogP contribution >= 0.6 is 0 Å². The minimum absolute atomic E-state index is 0.00681. The fourth-order valence-corrected chi connectivity index (χ4v) is 2.21. The zero-order valence-electron chi connectivity index (χ0n) is 21.4. The van der Waals surface area contributed by atoms with Gasteiger partial charge in [-0.05, 0) is 32.1 Å². The van der Waals surface area contributed by atoms with Crippen LogP contribution in [0.1, 0.15) is 45.4 Å². The predicted octanol–water partition coefficient (Wildman–Crippen LogP) is 1.11. The van der Waals surface area contributed by atoms with E-state index in [4.69, 9.17) is 13.7 Å². The zero-order chi connectivity index (χ0) is 24.1. The van der Waals surface area contributed by atoms with Crippen LogP contribution in [0.2, 0.25) is 0 Å². The van der Waals surface area contributed by atoms with E-state index >= 15 is 0 Å². The molecule has 114 valence electrons. The quantitative estimate of drug-likeness (QED) is 0.777. The van der Waals surface area contributed by atoms with E-state index in [0.717, 1.165) is 4.57 Å². The van der Waals surface area contributed by atoms with Gasteiger partial charge in [0.1, 0.15) is 11.4 Å². The molecule has 0 radical (unpaired) electrons. The van der Waals surface area contributed by atoms with Crippen LogP contribution in [-0.4, -0.2) is 19.5 Å². The summed E-state index contributed by atoms with van der Waals surface area (Å²) in [5.74, 6) is -0.984. The first kappa shape index (κ1) is 6.77. The Morgan fingerprint density at radius 3 is 2.86 bits per heavy atom. The minimum Gasteiger partial charge on any atom is -0.336 e. The molecule has 0 atom stereocenters. The second-order valence-electron chi connectivity index (χ2n) is 4.70. The third kappa shape index (κ3) is 2.70. The molecule has 0 aliphatic heterocycles. The molecule has 0 aliphatic rings. The summed E-state index contributed by atoms with van der Waals surface area (Å²) >= 11 is 0. The summed E-state index contributed by atoms with van der Waals surface area (Å²) in [4.78, 5) is 37.4. The molecule has 2 rings (SSSR count). The van der Waals surface area contributed by atoms with Gasteiger partial charge in [0.25, 0.3) is 5.56 Å². The van der Waals surface area contributed by atoms with E-state index in [1.807, 2.05) is 0 Å². The maximum atomic E-state index is 13.0. The molecule has 0 amide bonds. The highest BCUT2D eigenvalue weighted by Gasteiger charge is 2.15. The topological polar surface area (TPSA) is 66.0 Å². The number of hydrogen-bond acceptors (Lipinski definition) is 3. The molecule has 6 heteroatoms. The van der Waals surface area contributed by atoms with Crippen LogP contribution in [0.5, 0.6) is 0 Å². The molecule has 0 saturated carbocycles. The minimum atomic E-state index is -3.08. The van der Waals surface area contributed by atoms with Crippen molar-refractivity contribution in [2.24, 2.45) is 14.0 Å². The lowest BCUT2D eigenvalue weighted by molar-refractivity contribution is -0.117. The Bertz CT molecular complexity index is 1130. The van der Waals surface area contributed by atoms with Crippen LogP contribution in [0, 0.1) is 6.85 Å². The Morgan fingerprint density at radius 2 is 2.19 bits per heavy atom. The molecular formula is C15H21N3O3. The lowest BCUT2D eigenvalue weighted by atomic mass is 10.2. The predicted molar refractivity (Wildman–Crippen MR) is 81.7 cm³/mol. The summed E-state index contributed by atoms with van der Waals surface area (Å²) in [5.41, 5.74) is -3.46. The van der Waals surface area contributed by atoms with E-state index in [9.17, 15) is 14.4 Å². The van der Waals surface area contributed by atoms with E-state index in [2.05, 4.69) is 0 Å². The van der Waals surface area contributed by atoms with Gasteiger partial charge in [0.15, 0.2) is 0 Å². The highest BCUT2D eigenvalue weighted by atomic mass is 16.2. The summed E-state index contributed by atoms with van der Waals surface area (Å²) in [6.45, 7) is -9.13. The Kier molecular flexibility index (Phi) is 1.84. The number of fused-ring (bicyclic) bond motifs is 1. The Morgan fingerprint density at radius 1 is 1.38 bits per heavy atom. The molecule has 6 nitrogen and oxygen atoms in total. The van der Waals surface area contributed by atoms with Gasteiger partial charge in [-0.25, -0.2) is 4.79 Å². The van der Waals surface area contributed by atoms with Gasteiger partial charge in [-0.15, -0.1) is 0 Å². The number of aryl methyl sites for hydroxylation is 3. The van der Waals surface area contributed by atoms with Crippen molar-refractivity contribution in [2.75, 3.05) is 0 Å². The van der Waals surface area contributed by atoms with Gasteiger partial charge in [0, 0.05) is 45.5 Å². The first-order valence-electron chi connectivity index (χ1n) is 11.3. The van der Waals surface area contributed by atoms with Gasteiger partial charge < -0.3 is 9.36 Å². The number of ketones is 1. The van der Waals surface area contributed by atoms with Crippen LogP contribution in [0.25, 0.3) is 11.0 Å². The van der Waals surface area contributed by atoms with Gasteiger partial charge in [-0.3, -0.25) is 13.9 Å². The highest BCUT2D eigenvalue weighted by molar-refractivity contribution is 5.79. The first-order valence-corrected chi connectivity index (χ1v) is 6.29. The van der Waals surface area contributed by atoms with Gasteiger partial charge in [-0.2, -0.15) is 0 Å². The fourth-order valence-electron chi connectivity index (χ4n) is 2.21. The highest BCUT2D eigenvalue weighted by Crippen LogP contribution is 2.13. The van der Waals surface area contributed by atoms with Crippen molar-refractivity contribution in [2.45, 2.75) is 39.5 Å². The molecule has 0 unspecified atom stereocenters. The third-order valence-corrected chi connectivity index (χ3v) is 3.20. The molecule has 0 fully saturated rings. The van der Waals surface area contributed by atoms with Crippen LogP contribution < -0.4 is 11.2 Å². The molecular weight excluding hydrogens is 270 g/mol. The maximum Gasteiger partial charge on any atom is 0.332 e. The summed E-state index contributed by atoms with van der Waals surface area (Å²) in [5, 5.41) is -0.568.